The van der Waals surface area contributed by atoms with Gasteiger partial charge >= 0.3 is 0 Å². The van der Waals surface area contributed by atoms with Gasteiger partial charge in [0.25, 0.3) is 11.5 Å². The van der Waals surface area contributed by atoms with E-state index < -0.39 is 0 Å². The quantitative estimate of drug-likeness (QED) is 0.299. The third-order valence-electron chi connectivity index (χ3n) is 9.54. The van der Waals surface area contributed by atoms with Gasteiger partial charge in [-0.25, -0.2) is 0 Å². The smallest absolute Gasteiger partial charge is 0.253 e. The number of nitrogens with one attached hydrogen (secondary N) is 2. The highest BCUT2D eigenvalue weighted by Crippen LogP contribution is 2.34. The van der Waals surface area contributed by atoms with Gasteiger partial charge in [-0.2, -0.15) is 0 Å². The summed E-state index contributed by atoms with van der Waals surface area (Å²) >= 11 is 0. The number of amides is 2. The molecular formula is C37H47N5O4. The molecule has 0 saturated carbocycles. The molecule has 0 radical (unpaired) electrons. The van der Waals surface area contributed by atoms with Gasteiger partial charge in [0, 0.05) is 81.5 Å². The third-order valence-corrected chi connectivity index (χ3v) is 9.54. The molecule has 3 heterocycles. The van der Waals surface area contributed by atoms with Crippen molar-refractivity contribution in [3.8, 4) is 11.1 Å². The number of hydrogen-bond donors (Lipinski definition) is 2. The van der Waals surface area contributed by atoms with Gasteiger partial charge in [0.1, 0.15) is 0 Å². The SMILES string of the molecule is C=CC(=O)N1CCC(N(CC)c2cc(-c3ccc(CN4CC(OC)C4)cc3)cc(C(=O)NCc3c(C)cc(C)[nH]c3=O)c2C)CC1. The van der Waals surface area contributed by atoms with E-state index in [1.807, 2.05) is 37.8 Å². The summed E-state index contributed by atoms with van der Waals surface area (Å²) in [5, 5.41) is 3.03. The van der Waals surface area contributed by atoms with Crippen LogP contribution in [0.15, 0.2) is 59.9 Å². The number of piperidine rings is 1. The minimum atomic E-state index is -0.218. The number of ether oxygens (including phenoxy) is 1. The normalized spacial score (nSPS) is 15.8. The Balaban J connectivity index is 1.45. The molecule has 2 amide bonds. The first-order valence-electron chi connectivity index (χ1n) is 16.3. The van der Waals surface area contributed by atoms with Crippen molar-refractivity contribution in [3.05, 3.63) is 99.0 Å². The number of benzene rings is 2. The van der Waals surface area contributed by atoms with Crippen LogP contribution in [0.5, 0.6) is 0 Å². The van der Waals surface area contributed by atoms with E-state index >= 15 is 0 Å². The molecule has 2 saturated heterocycles. The minimum absolute atomic E-state index is 0.0302. The standard InChI is InChI=1S/C37H47N5O4/c1-7-35(43)41-15-13-30(14-16-41)42(8-2)34-19-29(28-11-9-27(10-12-28)21-40-22-31(23-40)46-6)18-32(26(34)5)36(44)38-20-33-24(3)17-25(4)39-37(33)45/h7,9-12,17-19,30-31H,1,8,13-16,20-23H2,2-6H3,(H,38,44)(H,39,45). The molecule has 2 aliphatic heterocycles. The molecule has 0 unspecified atom stereocenters. The summed E-state index contributed by atoms with van der Waals surface area (Å²) in [6, 6.07) is 14.9. The largest absolute Gasteiger partial charge is 0.379 e. The summed E-state index contributed by atoms with van der Waals surface area (Å²) in [6.07, 6.45) is 3.37. The van der Waals surface area contributed by atoms with Crippen LogP contribution in [-0.2, 0) is 22.6 Å². The van der Waals surface area contributed by atoms with Gasteiger partial charge in [0.05, 0.1) is 6.10 Å². The van der Waals surface area contributed by atoms with Gasteiger partial charge in [-0.3, -0.25) is 19.3 Å². The second kappa shape index (κ2) is 14.5. The Morgan fingerprint density at radius 1 is 1.07 bits per heavy atom. The number of likely N-dealkylation sites (tertiary alicyclic amines) is 2. The van der Waals surface area contributed by atoms with Crippen molar-refractivity contribution in [3.63, 3.8) is 0 Å². The van der Waals surface area contributed by atoms with Crippen LogP contribution in [0.25, 0.3) is 11.1 Å². The number of aryl methyl sites for hydroxylation is 2. The molecular weight excluding hydrogens is 578 g/mol. The number of hydrogen-bond acceptors (Lipinski definition) is 6. The minimum Gasteiger partial charge on any atom is -0.379 e. The Kier molecular flexibility index (Phi) is 10.4. The fraction of sp³-hybridized carbons (Fsp3) is 0.432. The molecule has 2 fully saturated rings. The lowest BCUT2D eigenvalue weighted by Crippen LogP contribution is -2.50. The number of aromatic amines is 1. The van der Waals surface area contributed by atoms with Gasteiger partial charge in [-0.05, 0) is 92.6 Å². The second-order valence-electron chi connectivity index (χ2n) is 12.6. The van der Waals surface area contributed by atoms with Gasteiger partial charge in [0.2, 0.25) is 5.91 Å². The van der Waals surface area contributed by atoms with E-state index in [1.54, 1.807) is 7.11 Å². The Morgan fingerprint density at radius 3 is 2.37 bits per heavy atom. The molecule has 2 N–H and O–H groups in total. The first-order chi connectivity index (χ1) is 22.1. The molecule has 0 aliphatic carbocycles. The molecule has 244 valence electrons. The predicted octanol–water partition coefficient (Wildman–Crippen LogP) is 4.73. The number of H-pyrrole nitrogens is 1. The summed E-state index contributed by atoms with van der Waals surface area (Å²) in [4.78, 5) is 48.2. The van der Waals surface area contributed by atoms with Crippen molar-refractivity contribution >= 4 is 17.5 Å². The molecule has 9 nitrogen and oxygen atoms in total. The number of rotatable bonds is 11. The zero-order chi connectivity index (χ0) is 33.0. The molecule has 0 spiro atoms. The van der Waals surface area contributed by atoms with Crippen molar-refractivity contribution < 1.29 is 14.3 Å². The van der Waals surface area contributed by atoms with Crippen LogP contribution < -0.4 is 15.8 Å². The zero-order valence-corrected chi connectivity index (χ0v) is 27.8. The Labute approximate surface area is 272 Å². The van der Waals surface area contributed by atoms with Crippen molar-refractivity contribution in [1.82, 2.24) is 20.1 Å². The maximum atomic E-state index is 13.9. The highest BCUT2D eigenvalue weighted by atomic mass is 16.5. The predicted molar refractivity (Wildman–Crippen MR) is 183 cm³/mol. The summed E-state index contributed by atoms with van der Waals surface area (Å²) < 4.78 is 5.42. The monoisotopic (exact) mass is 625 g/mol. The molecule has 3 aromatic rings. The Hall–Kier alpha value is -4.21. The zero-order valence-electron chi connectivity index (χ0n) is 27.8. The van der Waals surface area contributed by atoms with Gasteiger partial charge in [-0.1, -0.05) is 30.8 Å². The van der Waals surface area contributed by atoms with Gasteiger partial charge < -0.3 is 24.8 Å². The fourth-order valence-corrected chi connectivity index (χ4v) is 6.78. The maximum absolute atomic E-state index is 13.9. The molecule has 0 bridgehead atoms. The van der Waals surface area contributed by atoms with Crippen molar-refractivity contribution in [2.75, 3.05) is 44.7 Å². The van der Waals surface area contributed by atoms with Crippen LogP contribution >= 0.6 is 0 Å². The summed E-state index contributed by atoms with van der Waals surface area (Å²) in [7, 11) is 1.76. The van der Waals surface area contributed by atoms with E-state index in [0.717, 1.165) is 72.7 Å². The third kappa shape index (κ3) is 7.26. The first-order valence-corrected chi connectivity index (χ1v) is 16.3. The average molecular weight is 626 g/mol. The molecule has 5 rings (SSSR count). The van der Waals surface area contributed by atoms with Gasteiger partial charge in [-0.15, -0.1) is 0 Å². The number of carbonyl (C=O) groups is 2. The van der Waals surface area contributed by atoms with E-state index in [-0.39, 0.29) is 30.0 Å². The molecule has 9 heteroatoms. The Morgan fingerprint density at radius 2 is 1.76 bits per heavy atom. The van der Waals surface area contributed by atoms with E-state index in [0.29, 0.717) is 30.3 Å². The second-order valence-corrected chi connectivity index (χ2v) is 12.6. The number of anilines is 1. The lowest BCUT2D eigenvalue weighted by Gasteiger charge is -2.40. The van der Waals surface area contributed by atoms with Crippen molar-refractivity contribution in [1.29, 1.82) is 0 Å². The van der Waals surface area contributed by atoms with Crippen LogP contribution in [0.3, 0.4) is 0 Å². The average Bonchev–Trinajstić information content (AvgIpc) is 3.03. The number of methoxy groups -OCH3 is 1. The number of carbonyl (C=O) groups excluding carboxylic acids is 2. The van der Waals surface area contributed by atoms with Crippen LogP contribution in [0.2, 0.25) is 0 Å². The fourth-order valence-electron chi connectivity index (χ4n) is 6.78. The molecule has 0 atom stereocenters. The van der Waals surface area contributed by atoms with E-state index in [4.69, 9.17) is 4.74 Å². The Bertz CT molecular complexity index is 1630. The summed E-state index contributed by atoms with van der Waals surface area (Å²) in [5.41, 5.74) is 7.73. The number of pyridine rings is 1. The molecule has 2 aromatic carbocycles. The maximum Gasteiger partial charge on any atom is 0.253 e. The topological polar surface area (TPSA) is 98.0 Å². The van der Waals surface area contributed by atoms with Crippen LogP contribution in [0, 0.1) is 20.8 Å². The molecule has 46 heavy (non-hydrogen) atoms. The lowest BCUT2D eigenvalue weighted by molar-refractivity contribution is -0.127. The first kappa shape index (κ1) is 33.2. The highest BCUT2D eigenvalue weighted by molar-refractivity contribution is 5.99. The van der Waals surface area contributed by atoms with E-state index in [2.05, 4.69) is 63.9 Å². The number of nitrogens with zero attached hydrogens (tertiary/aromatic N) is 3. The highest BCUT2D eigenvalue weighted by Gasteiger charge is 2.29. The van der Waals surface area contributed by atoms with Crippen molar-refractivity contribution in [2.24, 2.45) is 0 Å². The van der Waals surface area contributed by atoms with Crippen LogP contribution in [0.4, 0.5) is 5.69 Å². The number of aromatic nitrogens is 1. The summed E-state index contributed by atoms with van der Waals surface area (Å²) in [5.74, 6) is -0.248. The molecule has 1 aromatic heterocycles. The molecule has 2 aliphatic rings. The van der Waals surface area contributed by atoms with Gasteiger partial charge in [0.15, 0.2) is 0 Å². The van der Waals surface area contributed by atoms with E-state index in [9.17, 15) is 14.4 Å². The van der Waals surface area contributed by atoms with Crippen LogP contribution in [0.1, 0.15) is 58.1 Å². The summed E-state index contributed by atoms with van der Waals surface area (Å²) in [6.45, 7) is 16.5. The van der Waals surface area contributed by atoms with Crippen LogP contribution in [-0.4, -0.2) is 78.6 Å². The van der Waals surface area contributed by atoms with E-state index in [1.165, 1.54) is 11.6 Å². The van der Waals surface area contributed by atoms with Crippen molar-refractivity contribution in [2.45, 2.75) is 65.8 Å². The lowest BCUT2D eigenvalue weighted by atomic mass is 9.94.